The summed E-state index contributed by atoms with van der Waals surface area (Å²) in [5.74, 6) is -1.24. The Hall–Kier alpha value is -3.35. The number of nitrogen functional groups attached to an aromatic ring is 1. The first-order valence-electron chi connectivity index (χ1n) is 9.18. The molecule has 0 saturated heterocycles. The van der Waals surface area contributed by atoms with Gasteiger partial charge >= 0.3 is 0 Å². The molecule has 1 fully saturated rings. The van der Waals surface area contributed by atoms with E-state index in [1.165, 1.54) is 11.8 Å². The smallest absolute Gasteiger partial charge is 0.254 e. The van der Waals surface area contributed by atoms with Gasteiger partial charge in [-0.1, -0.05) is 30.3 Å². The van der Waals surface area contributed by atoms with E-state index in [1.807, 2.05) is 25.1 Å². The lowest BCUT2D eigenvalue weighted by molar-refractivity contribution is 0.0999. The van der Waals surface area contributed by atoms with Crippen molar-refractivity contribution in [3.8, 4) is 0 Å². The molecule has 144 valence electrons. The molecule has 1 aromatic heterocycles. The van der Waals surface area contributed by atoms with E-state index in [0.717, 1.165) is 6.42 Å². The maximum atomic E-state index is 14.9. The first-order chi connectivity index (χ1) is 13.4. The minimum Gasteiger partial charge on any atom is -0.396 e. The van der Waals surface area contributed by atoms with E-state index in [2.05, 4.69) is 17.4 Å². The molecule has 2 aromatic carbocycles. The van der Waals surface area contributed by atoms with Crippen molar-refractivity contribution >= 4 is 28.2 Å². The molecule has 7 heteroatoms. The van der Waals surface area contributed by atoms with Gasteiger partial charge in [0.15, 0.2) is 5.82 Å². The summed E-state index contributed by atoms with van der Waals surface area (Å²) in [4.78, 5) is 24.2. The SMILES string of the molecule is CCn1cc(C(N)=O)c(=O)c2c(N)c(F)c(NC3CC3c3ccccc3)cc21. The number of nitrogens with one attached hydrogen (secondary N) is 1. The summed E-state index contributed by atoms with van der Waals surface area (Å²) >= 11 is 0. The van der Waals surface area contributed by atoms with Crippen molar-refractivity contribution in [2.45, 2.75) is 31.8 Å². The predicted octanol–water partition coefficient (Wildman–Crippen LogP) is 2.81. The Morgan fingerprint density at radius 2 is 2.04 bits per heavy atom. The Labute approximate surface area is 161 Å². The van der Waals surface area contributed by atoms with E-state index in [-0.39, 0.29) is 28.4 Å². The van der Waals surface area contributed by atoms with Gasteiger partial charge in [0.1, 0.15) is 5.56 Å². The Kier molecular flexibility index (Phi) is 4.30. The normalized spacial score (nSPS) is 18.2. The summed E-state index contributed by atoms with van der Waals surface area (Å²) in [5, 5.41) is 3.19. The lowest BCUT2D eigenvalue weighted by Crippen LogP contribution is -2.25. The van der Waals surface area contributed by atoms with Crippen molar-refractivity contribution in [3.05, 3.63) is 69.8 Å². The van der Waals surface area contributed by atoms with Gasteiger partial charge in [-0.05, 0) is 25.0 Å². The molecular weight excluding hydrogens is 359 g/mol. The van der Waals surface area contributed by atoms with Gasteiger partial charge < -0.3 is 21.4 Å². The van der Waals surface area contributed by atoms with Crippen LogP contribution in [0.2, 0.25) is 0 Å². The molecule has 2 unspecified atom stereocenters. The Bertz CT molecular complexity index is 1140. The summed E-state index contributed by atoms with van der Waals surface area (Å²) in [6.07, 6.45) is 2.29. The second kappa shape index (κ2) is 6.67. The molecule has 3 aromatic rings. The van der Waals surface area contributed by atoms with Gasteiger partial charge in [-0.3, -0.25) is 9.59 Å². The van der Waals surface area contributed by atoms with Gasteiger partial charge in [0.25, 0.3) is 5.91 Å². The van der Waals surface area contributed by atoms with Crippen LogP contribution in [0.3, 0.4) is 0 Å². The molecule has 6 nitrogen and oxygen atoms in total. The molecule has 0 spiro atoms. The second-order valence-electron chi connectivity index (χ2n) is 7.07. The third kappa shape index (κ3) is 2.89. The van der Waals surface area contributed by atoms with Crippen LogP contribution in [0.4, 0.5) is 15.8 Å². The molecule has 5 N–H and O–H groups in total. The van der Waals surface area contributed by atoms with E-state index in [4.69, 9.17) is 11.5 Å². The fraction of sp³-hybridized carbons (Fsp3) is 0.238. The summed E-state index contributed by atoms with van der Waals surface area (Å²) in [7, 11) is 0. The second-order valence-corrected chi connectivity index (χ2v) is 7.07. The number of pyridine rings is 1. The van der Waals surface area contributed by atoms with Crippen molar-refractivity contribution in [2.24, 2.45) is 5.73 Å². The van der Waals surface area contributed by atoms with E-state index >= 15 is 0 Å². The minimum atomic E-state index is -0.861. The van der Waals surface area contributed by atoms with Crippen LogP contribution >= 0.6 is 0 Å². The molecule has 4 rings (SSSR count). The van der Waals surface area contributed by atoms with Crippen molar-refractivity contribution in [3.63, 3.8) is 0 Å². The minimum absolute atomic E-state index is 0.0170. The number of amides is 1. The number of nitrogens with two attached hydrogens (primary N) is 2. The average molecular weight is 380 g/mol. The number of carbonyl (C=O) groups excluding carboxylic acids is 1. The number of aromatic nitrogens is 1. The number of aryl methyl sites for hydroxylation is 1. The highest BCUT2D eigenvalue weighted by atomic mass is 19.1. The number of carbonyl (C=O) groups is 1. The van der Waals surface area contributed by atoms with Gasteiger partial charge in [0, 0.05) is 24.7 Å². The Morgan fingerprint density at radius 3 is 2.68 bits per heavy atom. The van der Waals surface area contributed by atoms with Crippen LogP contribution in [0.5, 0.6) is 0 Å². The number of anilines is 2. The molecule has 28 heavy (non-hydrogen) atoms. The molecule has 0 bridgehead atoms. The molecule has 1 saturated carbocycles. The monoisotopic (exact) mass is 380 g/mol. The zero-order chi connectivity index (χ0) is 20.0. The van der Waals surface area contributed by atoms with Crippen molar-refractivity contribution in [1.82, 2.24) is 4.57 Å². The number of halogens is 1. The molecule has 1 heterocycles. The topological polar surface area (TPSA) is 103 Å². The van der Waals surface area contributed by atoms with E-state index < -0.39 is 17.2 Å². The first-order valence-corrected chi connectivity index (χ1v) is 9.18. The van der Waals surface area contributed by atoms with Crippen LogP contribution in [-0.2, 0) is 6.54 Å². The highest BCUT2D eigenvalue weighted by molar-refractivity contribution is 6.00. The van der Waals surface area contributed by atoms with Crippen LogP contribution in [-0.4, -0.2) is 16.5 Å². The van der Waals surface area contributed by atoms with Crippen LogP contribution in [0.1, 0.15) is 35.2 Å². The van der Waals surface area contributed by atoms with Gasteiger partial charge in [-0.15, -0.1) is 0 Å². The maximum Gasteiger partial charge on any atom is 0.254 e. The fourth-order valence-electron chi connectivity index (χ4n) is 3.71. The van der Waals surface area contributed by atoms with Crippen molar-refractivity contribution < 1.29 is 9.18 Å². The molecule has 1 amide bonds. The van der Waals surface area contributed by atoms with Gasteiger partial charge in [0.2, 0.25) is 5.43 Å². The number of benzene rings is 2. The van der Waals surface area contributed by atoms with Crippen LogP contribution in [0, 0.1) is 5.82 Å². The van der Waals surface area contributed by atoms with E-state index in [0.29, 0.717) is 18.0 Å². The van der Waals surface area contributed by atoms with Crippen LogP contribution < -0.4 is 22.2 Å². The summed E-state index contributed by atoms with van der Waals surface area (Å²) in [5.41, 5.74) is 12.1. The molecule has 0 radical (unpaired) electrons. The molecule has 0 aliphatic heterocycles. The largest absolute Gasteiger partial charge is 0.396 e. The molecular formula is C21H21FN4O2. The number of primary amides is 1. The number of hydrogen-bond acceptors (Lipinski definition) is 4. The molecule has 1 aliphatic carbocycles. The first kappa shape index (κ1) is 18.0. The van der Waals surface area contributed by atoms with Crippen LogP contribution in [0.15, 0.2) is 47.4 Å². The van der Waals surface area contributed by atoms with Crippen molar-refractivity contribution in [2.75, 3.05) is 11.1 Å². The van der Waals surface area contributed by atoms with Gasteiger partial charge in [0.05, 0.1) is 22.3 Å². The Morgan fingerprint density at radius 1 is 1.32 bits per heavy atom. The number of rotatable bonds is 5. The molecule has 2 atom stereocenters. The maximum absolute atomic E-state index is 14.9. The van der Waals surface area contributed by atoms with E-state index in [1.54, 1.807) is 10.6 Å². The summed E-state index contributed by atoms with van der Waals surface area (Å²) < 4.78 is 16.6. The van der Waals surface area contributed by atoms with E-state index in [9.17, 15) is 14.0 Å². The molecule has 1 aliphatic rings. The third-order valence-electron chi connectivity index (χ3n) is 5.31. The lowest BCUT2D eigenvalue weighted by Gasteiger charge is -2.16. The van der Waals surface area contributed by atoms with Crippen LogP contribution in [0.25, 0.3) is 10.9 Å². The number of nitrogens with zero attached hydrogens (tertiary/aromatic N) is 1. The van der Waals surface area contributed by atoms with Gasteiger partial charge in [-0.25, -0.2) is 4.39 Å². The van der Waals surface area contributed by atoms with Gasteiger partial charge in [-0.2, -0.15) is 0 Å². The highest BCUT2D eigenvalue weighted by Crippen LogP contribution is 2.43. The summed E-state index contributed by atoms with van der Waals surface area (Å²) in [6, 6.07) is 11.7. The summed E-state index contributed by atoms with van der Waals surface area (Å²) in [6.45, 7) is 2.32. The van der Waals surface area contributed by atoms with Crippen molar-refractivity contribution in [1.29, 1.82) is 0 Å². The lowest BCUT2D eigenvalue weighted by atomic mass is 10.1. The average Bonchev–Trinajstić information content (AvgIpc) is 3.45. The zero-order valence-electron chi connectivity index (χ0n) is 15.4. The number of hydrogen-bond donors (Lipinski definition) is 3. The quantitative estimate of drug-likeness (QED) is 0.592. The standard InChI is InChI=1S/C21H21FN4O2/c1-2-26-10-13(21(24)28)20(27)17-16(26)9-15(18(22)19(17)23)25-14-8-12(14)11-6-4-3-5-7-11/h3-7,9-10,12,14,25H,2,8,23H2,1H3,(H2,24,28). The number of fused-ring (bicyclic) bond motifs is 1. The zero-order valence-corrected chi connectivity index (χ0v) is 15.4. The highest BCUT2D eigenvalue weighted by Gasteiger charge is 2.39. The Balaban J connectivity index is 1.77. The third-order valence-corrected chi connectivity index (χ3v) is 5.31. The fourth-order valence-corrected chi connectivity index (χ4v) is 3.71. The predicted molar refractivity (Wildman–Crippen MR) is 108 cm³/mol.